The van der Waals surface area contributed by atoms with Gasteiger partial charge in [-0.1, -0.05) is 12.1 Å². The molecule has 0 saturated heterocycles. The van der Waals surface area contributed by atoms with E-state index in [4.69, 9.17) is 14.6 Å². The van der Waals surface area contributed by atoms with Crippen LogP contribution < -0.4 is 15.4 Å². The van der Waals surface area contributed by atoms with Crippen LogP contribution in [0.25, 0.3) is 0 Å². The van der Waals surface area contributed by atoms with E-state index in [1.165, 1.54) is 19.1 Å². The molecule has 168 valence electrons. The Hall–Kier alpha value is -3.77. The van der Waals surface area contributed by atoms with Crippen molar-refractivity contribution in [2.24, 2.45) is 0 Å². The van der Waals surface area contributed by atoms with Crippen molar-refractivity contribution in [2.75, 3.05) is 11.9 Å². The number of fused-ring (bicyclic) bond motifs is 1. The highest BCUT2D eigenvalue weighted by Gasteiger charge is 2.31. The highest BCUT2D eigenvalue weighted by atomic mass is 32.1. The number of rotatable bonds is 6. The number of benzene rings is 1. The number of nitrogens with one attached hydrogen (secondary N) is 2. The monoisotopic (exact) mass is 462 g/mol. The summed E-state index contributed by atoms with van der Waals surface area (Å²) in [5, 5.41) is 23.0. The van der Waals surface area contributed by atoms with E-state index in [1.807, 2.05) is 0 Å². The molecular formula is C20H18N2O9S. The van der Waals surface area contributed by atoms with Gasteiger partial charge in [0, 0.05) is 24.8 Å². The number of esters is 1. The molecule has 2 aromatic rings. The fraction of sp³-hybridized carbons (Fsp3) is 0.250. The number of anilines is 1. The zero-order chi connectivity index (χ0) is 23.4. The Morgan fingerprint density at radius 3 is 2.56 bits per heavy atom. The maximum absolute atomic E-state index is 12.5. The third kappa shape index (κ3) is 5.10. The highest BCUT2D eigenvalue weighted by molar-refractivity contribution is 7.17. The third-order valence-corrected chi connectivity index (χ3v) is 5.60. The molecule has 1 aliphatic rings. The molecule has 1 aromatic carbocycles. The molecule has 0 aliphatic carbocycles. The molecule has 2 heterocycles. The Labute approximate surface area is 184 Å². The molecule has 1 unspecified atom stereocenters. The Bertz CT molecular complexity index is 1110. The SMILES string of the molecule is CC(=O)Oc1ccccc1C(=O)NCC1Cc2c(sc(NC(=O)C(=O)O)c2C(=O)O)CO1. The summed E-state index contributed by atoms with van der Waals surface area (Å²) in [7, 11) is 0. The first-order valence-electron chi connectivity index (χ1n) is 9.26. The first-order chi connectivity index (χ1) is 15.2. The molecule has 4 N–H and O–H groups in total. The van der Waals surface area contributed by atoms with Gasteiger partial charge >= 0.3 is 23.8 Å². The van der Waals surface area contributed by atoms with Gasteiger partial charge < -0.3 is 30.3 Å². The number of carboxylic acids is 2. The van der Waals surface area contributed by atoms with Crippen LogP contribution in [0.3, 0.4) is 0 Å². The normalized spacial score (nSPS) is 14.7. The van der Waals surface area contributed by atoms with E-state index in [0.29, 0.717) is 10.4 Å². The van der Waals surface area contributed by atoms with Crippen LogP contribution in [0.4, 0.5) is 5.00 Å². The zero-order valence-electron chi connectivity index (χ0n) is 16.7. The summed E-state index contributed by atoms with van der Waals surface area (Å²) in [4.78, 5) is 58.3. The van der Waals surface area contributed by atoms with Crippen molar-refractivity contribution in [2.45, 2.75) is 26.1 Å². The lowest BCUT2D eigenvalue weighted by Crippen LogP contribution is -2.37. The lowest BCUT2D eigenvalue weighted by atomic mass is 10.0. The number of carbonyl (C=O) groups is 5. The fourth-order valence-electron chi connectivity index (χ4n) is 3.13. The number of aromatic carboxylic acids is 1. The second-order valence-corrected chi connectivity index (χ2v) is 7.81. The maximum Gasteiger partial charge on any atom is 0.394 e. The number of carboxylic acid groups (broad SMARTS) is 2. The summed E-state index contributed by atoms with van der Waals surface area (Å²) in [5.74, 6) is -5.37. The van der Waals surface area contributed by atoms with E-state index in [2.05, 4.69) is 10.6 Å². The molecule has 11 nitrogen and oxygen atoms in total. The molecule has 0 spiro atoms. The molecule has 1 atom stereocenters. The van der Waals surface area contributed by atoms with Crippen LogP contribution in [0.5, 0.6) is 5.75 Å². The van der Waals surface area contributed by atoms with Gasteiger partial charge in [0.25, 0.3) is 5.91 Å². The van der Waals surface area contributed by atoms with E-state index in [-0.39, 0.29) is 41.4 Å². The van der Waals surface area contributed by atoms with Crippen molar-refractivity contribution >= 4 is 46.1 Å². The predicted octanol–water partition coefficient (Wildman–Crippen LogP) is 1.27. The van der Waals surface area contributed by atoms with Crippen LogP contribution in [0.15, 0.2) is 24.3 Å². The van der Waals surface area contributed by atoms with E-state index in [0.717, 1.165) is 11.3 Å². The Morgan fingerprint density at radius 1 is 1.19 bits per heavy atom. The van der Waals surface area contributed by atoms with Crippen molar-refractivity contribution in [3.63, 3.8) is 0 Å². The smallest absolute Gasteiger partial charge is 0.394 e. The molecule has 12 heteroatoms. The number of aliphatic carboxylic acids is 1. The number of hydrogen-bond donors (Lipinski definition) is 4. The van der Waals surface area contributed by atoms with Crippen LogP contribution in [0.1, 0.15) is 38.1 Å². The van der Waals surface area contributed by atoms with E-state index < -0.39 is 35.8 Å². The van der Waals surface area contributed by atoms with Crippen molar-refractivity contribution in [3.05, 3.63) is 45.8 Å². The number of thiophene rings is 1. The van der Waals surface area contributed by atoms with E-state index in [9.17, 15) is 29.1 Å². The van der Waals surface area contributed by atoms with Crippen LogP contribution in [-0.2, 0) is 32.1 Å². The molecule has 0 radical (unpaired) electrons. The third-order valence-electron chi connectivity index (χ3n) is 4.48. The topological polar surface area (TPSA) is 168 Å². The molecule has 2 amide bonds. The Kier molecular flexibility index (Phi) is 6.85. The summed E-state index contributed by atoms with van der Waals surface area (Å²) in [6, 6.07) is 6.21. The largest absolute Gasteiger partial charge is 0.478 e. The van der Waals surface area contributed by atoms with Gasteiger partial charge in [-0.25, -0.2) is 9.59 Å². The lowest BCUT2D eigenvalue weighted by molar-refractivity contribution is -0.147. The lowest BCUT2D eigenvalue weighted by Gasteiger charge is -2.24. The van der Waals surface area contributed by atoms with Gasteiger partial charge in [-0.3, -0.25) is 14.4 Å². The molecule has 32 heavy (non-hydrogen) atoms. The quantitative estimate of drug-likeness (QED) is 0.280. The Morgan fingerprint density at radius 2 is 1.91 bits per heavy atom. The summed E-state index contributed by atoms with van der Waals surface area (Å²) in [6.07, 6.45) is -0.439. The molecule has 0 fully saturated rings. The van der Waals surface area contributed by atoms with Gasteiger partial charge in [-0.15, -0.1) is 11.3 Å². The molecule has 3 rings (SSSR count). The number of ether oxygens (including phenoxy) is 2. The van der Waals surface area contributed by atoms with Crippen molar-refractivity contribution in [3.8, 4) is 5.75 Å². The van der Waals surface area contributed by atoms with Gasteiger partial charge in [0.15, 0.2) is 0 Å². The van der Waals surface area contributed by atoms with Gasteiger partial charge in [0.05, 0.1) is 23.8 Å². The fourth-order valence-corrected chi connectivity index (χ4v) is 4.26. The zero-order valence-corrected chi connectivity index (χ0v) is 17.5. The van der Waals surface area contributed by atoms with Crippen LogP contribution in [0, 0.1) is 0 Å². The number of carbonyl (C=O) groups excluding carboxylic acids is 3. The number of hydrogen-bond acceptors (Lipinski definition) is 8. The average Bonchev–Trinajstić information content (AvgIpc) is 3.09. The minimum absolute atomic E-state index is 0.0355. The standard InChI is InChI=1S/C20H18N2O9S/c1-9(23)31-13-5-3-2-4-11(13)16(24)21-7-10-6-12-14(8-30-10)32-18(15(12)19(26)27)22-17(25)20(28)29/h2-5,10H,6-8H2,1H3,(H,21,24)(H,22,25)(H,26,27)(H,28,29). The molecular weight excluding hydrogens is 444 g/mol. The predicted molar refractivity (Wildman–Crippen MR) is 110 cm³/mol. The summed E-state index contributed by atoms with van der Waals surface area (Å²) >= 11 is 0.930. The molecule has 0 saturated carbocycles. The van der Waals surface area contributed by atoms with Gasteiger partial charge in [-0.2, -0.15) is 0 Å². The van der Waals surface area contributed by atoms with Gasteiger partial charge in [0.2, 0.25) is 0 Å². The first-order valence-corrected chi connectivity index (χ1v) is 10.1. The molecule has 1 aromatic heterocycles. The molecule has 1 aliphatic heterocycles. The molecule has 0 bridgehead atoms. The van der Waals surface area contributed by atoms with E-state index in [1.54, 1.807) is 12.1 Å². The van der Waals surface area contributed by atoms with Crippen LogP contribution >= 0.6 is 11.3 Å². The highest BCUT2D eigenvalue weighted by Crippen LogP contribution is 2.37. The van der Waals surface area contributed by atoms with Crippen molar-refractivity contribution < 1.29 is 43.7 Å². The van der Waals surface area contributed by atoms with Crippen LogP contribution in [0.2, 0.25) is 0 Å². The van der Waals surface area contributed by atoms with E-state index >= 15 is 0 Å². The minimum Gasteiger partial charge on any atom is -0.478 e. The number of para-hydroxylation sites is 1. The second kappa shape index (κ2) is 9.58. The second-order valence-electron chi connectivity index (χ2n) is 6.71. The summed E-state index contributed by atoms with van der Waals surface area (Å²) < 4.78 is 10.7. The minimum atomic E-state index is -1.74. The Balaban J connectivity index is 1.72. The first kappa shape index (κ1) is 22.9. The number of amides is 2. The van der Waals surface area contributed by atoms with Crippen molar-refractivity contribution in [1.82, 2.24) is 5.32 Å². The van der Waals surface area contributed by atoms with Gasteiger partial charge in [-0.05, 0) is 17.7 Å². The van der Waals surface area contributed by atoms with Crippen LogP contribution in [-0.4, -0.2) is 52.6 Å². The average molecular weight is 462 g/mol. The van der Waals surface area contributed by atoms with Gasteiger partial charge in [0.1, 0.15) is 10.8 Å². The summed E-state index contributed by atoms with van der Waals surface area (Å²) in [6.45, 7) is 1.29. The summed E-state index contributed by atoms with van der Waals surface area (Å²) in [5.41, 5.74) is 0.369. The van der Waals surface area contributed by atoms with Crippen molar-refractivity contribution in [1.29, 1.82) is 0 Å². The maximum atomic E-state index is 12.5.